The van der Waals surface area contributed by atoms with Crippen LogP contribution in [0.4, 0.5) is 0 Å². The van der Waals surface area contributed by atoms with Crippen LogP contribution in [0.1, 0.15) is 24.5 Å². The van der Waals surface area contributed by atoms with Gasteiger partial charge in [-0.3, -0.25) is 19.9 Å². The van der Waals surface area contributed by atoms with Crippen molar-refractivity contribution in [3.8, 4) is 0 Å². The minimum atomic E-state index is -0.351. The van der Waals surface area contributed by atoms with Crippen LogP contribution >= 0.6 is 15.9 Å². The van der Waals surface area contributed by atoms with Gasteiger partial charge >= 0.3 is 0 Å². The Morgan fingerprint density at radius 2 is 2.05 bits per heavy atom. The van der Waals surface area contributed by atoms with Crippen LogP contribution < -0.4 is 5.32 Å². The van der Waals surface area contributed by atoms with Gasteiger partial charge in [0.2, 0.25) is 11.8 Å². The Bertz CT molecular complexity index is 684. The minimum Gasteiger partial charge on any atom is -0.296 e. The van der Waals surface area contributed by atoms with Gasteiger partial charge in [0.1, 0.15) is 0 Å². The molecule has 96 valence electrons. The van der Waals surface area contributed by atoms with Crippen molar-refractivity contribution in [1.82, 2.24) is 10.3 Å². The minimum absolute atomic E-state index is 0.206. The lowest BCUT2D eigenvalue weighted by atomic mass is 9.91. The number of aromatic nitrogens is 1. The van der Waals surface area contributed by atoms with E-state index in [0.29, 0.717) is 12.8 Å². The second-order valence-corrected chi connectivity index (χ2v) is 5.39. The largest absolute Gasteiger partial charge is 0.296 e. The monoisotopic (exact) mass is 318 g/mol. The maximum Gasteiger partial charge on any atom is 0.235 e. The zero-order valence-electron chi connectivity index (χ0n) is 10.0. The van der Waals surface area contributed by atoms with Gasteiger partial charge in [0.05, 0.1) is 11.6 Å². The molecule has 19 heavy (non-hydrogen) atoms. The standard InChI is InChI=1S/C14H11BrN2O2/c15-11-3-1-2-9-8(11)6-7-16-13(9)10-4-5-12(18)17-14(10)19/h1-3,6-7,10H,4-5H2,(H,17,18,19). The Morgan fingerprint density at radius 1 is 1.21 bits per heavy atom. The fourth-order valence-corrected chi connectivity index (χ4v) is 2.92. The van der Waals surface area contributed by atoms with Gasteiger partial charge in [-0.1, -0.05) is 28.1 Å². The van der Waals surface area contributed by atoms with E-state index >= 15 is 0 Å². The first kappa shape index (κ1) is 12.3. The zero-order valence-corrected chi connectivity index (χ0v) is 11.6. The highest BCUT2D eigenvalue weighted by molar-refractivity contribution is 9.10. The third kappa shape index (κ3) is 2.14. The molecule has 1 aromatic carbocycles. The molecule has 0 saturated carbocycles. The predicted molar refractivity (Wildman–Crippen MR) is 74.6 cm³/mol. The highest BCUT2D eigenvalue weighted by atomic mass is 79.9. The van der Waals surface area contributed by atoms with Gasteiger partial charge in [-0.15, -0.1) is 0 Å². The maximum absolute atomic E-state index is 12.0. The number of hydrogen-bond donors (Lipinski definition) is 1. The number of rotatable bonds is 1. The number of pyridine rings is 1. The van der Waals surface area contributed by atoms with Crippen molar-refractivity contribution in [2.45, 2.75) is 18.8 Å². The summed E-state index contributed by atoms with van der Waals surface area (Å²) in [6, 6.07) is 7.74. The normalized spacial score (nSPS) is 19.5. The Balaban J connectivity index is 2.13. The number of amides is 2. The fraction of sp³-hybridized carbons (Fsp3) is 0.214. The maximum atomic E-state index is 12.0. The van der Waals surface area contributed by atoms with Crippen molar-refractivity contribution < 1.29 is 9.59 Å². The SMILES string of the molecule is O=C1CCC(c2nccc3c(Br)cccc23)C(=O)N1. The number of carbonyl (C=O) groups is 2. The number of imide groups is 1. The quantitative estimate of drug-likeness (QED) is 0.822. The van der Waals surface area contributed by atoms with Crippen LogP contribution in [0, 0.1) is 0 Å². The molecule has 2 amide bonds. The number of carbonyl (C=O) groups excluding carboxylic acids is 2. The van der Waals surface area contributed by atoms with Gasteiger partial charge in [-0.25, -0.2) is 0 Å². The van der Waals surface area contributed by atoms with E-state index < -0.39 is 0 Å². The van der Waals surface area contributed by atoms with Gasteiger partial charge < -0.3 is 0 Å². The Kier molecular flexibility index (Phi) is 3.06. The van der Waals surface area contributed by atoms with E-state index in [-0.39, 0.29) is 17.7 Å². The number of fused-ring (bicyclic) bond motifs is 1. The molecule has 3 rings (SSSR count). The third-order valence-electron chi connectivity index (χ3n) is 3.35. The Labute approximate surface area is 118 Å². The van der Waals surface area contributed by atoms with E-state index in [1.54, 1.807) is 6.20 Å². The summed E-state index contributed by atoms with van der Waals surface area (Å²) in [5.74, 6) is -0.811. The molecule has 4 nitrogen and oxygen atoms in total. The summed E-state index contributed by atoms with van der Waals surface area (Å²) in [6.07, 6.45) is 2.58. The molecule has 0 spiro atoms. The Hall–Kier alpha value is -1.75. The molecule has 1 N–H and O–H groups in total. The summed E-state index contributed by atoms with van der Waals surface area (Å²) < 4.78 is 0.973. The summed E-state index contributed by atoms with van der Waals surface area (Å²) >= 11 is 3.50. The summed E-state index contributed by atoms with van der Waals surface area (Å²) in [7, 11) is 0. The molecular formula is C14H11BrN2O2. The molecule has 0 aliphatic carbocycles. The van der Waals surface area contributed by atoms with Crippen LogP contribution in [0.2, 0.25) is 0 Å². The fourth-order valence-electron chi connectivity index (χ4n) is 2.42. The predicted octanol–water partition coefficient (Wildman–Crippen LogP) is 2.52. The van der Waals surface area contributed by atoms with Crippen molar-refractivity contribution in [3.63, 3.8) is 0 Å². The smallest absolute Gasteiger partial charge is 0.235 e. The highest BCUT2D eigenvalue weighted by Gasteiger charge is 2.30. The lowest BCUT2D eigenvalue weighted by Crippen LogP contribution is -2.39. The van der Waals surface area contributed by atoms with Crippen molar-refractivity contribution >= 4 is 38.5 Å². The topological polar surface area (TPSA) is 59.1 Å². The van der Waals surface area contributed by atoms with Crippen molar-refractivity contribution in [2.24, 2.45) is 0 Å². The summed E-state index contributed by atoms with van der Waals surface area (Å²) in [4.78, 5) is 27.5. The van der Waals surface area contributed by atoms with E-state index in [9.17, 15) is 9.59 Å². The van der Waals surface area contributed by atoms with Crippen molar-refractivity contribution in [3.05, 3.63) is 40.6 Å². The molecule has 1 saturated heterocycles. The summed E-state index contributed by atoms with van der Waals surface area (Å²) in [6.45, 7) is 0. The van der Waals surface area contributed by atoms with Crippen molar-refractivity contribution in [1.29, 1.82) is 0 Å². The number of halogens is 1. The lowest BCUT2D eigenvalue weighted by Gasteiger charge is -2.21. The first-order chi connectivity index (χ1) is 9.16. The number of benzene rings is 1. The molecule has 5 heteroatoms. The zero-order chi connectivity index (χ0) is 13.4. The molecule has 1 aliphatic heterocycles. The molecule has 2 heterocycles. The average molecular weight is 319 g/mol. The van der Waals surface area contributed by atoms with Gasteiger partial charge in [0.25, 0.3) is 0 Å². The molecule has 1 atom stereocenters. The van der Waals surface area contributed by atoms with Gasteiger partial charge in [-0.2, -0.15) is 0 Å². The number of nitrogens with one attached hydrogen (secondary N) is 1. The second-order valence-electron chi connectivity index (χ2n) is 4.53. The first-order valence-corrected chi connectivity index (χ1v) is 6.83. The molecule has 1 aliphatic rings. The second kappa shape index (κ2) is 4.74. The molecule has 1 aromatic heterocycles. The van der Waals surface area contributed by atoms with E-state index in [0.717, 1.165) is 20.9 Å². The van der Waals surface area contributed by atoms with Crippen LogP contribution in [-0.2, 0) is 9.59 Å². The van der Waals surface area contributed by atoms with Gasteiger partial charge in [0, 0.05) is 22.5 Å². The summed E-state index contributed by atoms with van der Waals surface area (Å²) in [5, 5.41) is 4.35. The first-order valence-electron chi connectivity index (χ1n) is 6.03. The molecule has 2 aromatic rings. The van der Waals surface area contributed by atoms with E-state index in [1.807, 2.05) is 24.3 Å². The van der Waals surface area contributed by atoms with E-state index in [1.165, 1.54) is 0 Å². The number of nitrogens with zero attached hydrogens (tertiary/aromatic N) is 1. The van der Waals surface area contributed by atoms with E-state index in [4.69, 9.17) is 0 Å². The van der Waals surface area contributed by atoms with Crippen LogP contribution in [0.3, 0.4) is 0 Å². The number of hydrogen-bond acceptors (Lipinski definition) is 3. The van der Waals surface area contributed by atoms with Crippen LogP contribution in [-0.4, -0.2) is 16.8 Å². The van der Waals surface area contributed by atoms with Crippen molar-refractivity contribution in [2.75, 3.05) is 0 Å². The van der Waals surface area contributed by atoms with Gasteiger partial charge in [0.15, 0.2) is 0 Å². The lowest BCUT2D eigenvalue weighted by molar-refractivity contribution is -0.134. The van der Waals surface area contributed by atoms with Crippen LogP contribution in [0.15, 0.2) is 34.9 Å². The molecule has 0 radical (unpaired) electrons. The third-order valence-corrected chi connectivity index (χ3v) is 4.04. The molecular weight excluding hydrogens is 308 g/mol. The molecule has 1 unspecified atom stereocenters. The van der Waals surface area contributed by atoms with Crippen LogP contribution in [0.25, 0.3) is 10.8 Å². The highest BCUT2D eigenvalue weighted by Crippen LogP contribution is 2.32. The van der Waals surface area contributed by atoms with E-state index in [2.05, 4.69) is 26.2 Å². The number of piperidine rings is 1. The summed E-state index contributed by atoms with van der Waals surface area (Å²) in [5.41, 5.74) is 0.740. The average Bonchev–Trinajstić information content (AvgIpc) is 2.39. The van der Waals surface area contributed by atoms with Crippen LogP contribution in [0.5, 0.6) is 0 Å². The Morgan fingerprint density at radius 3 is 2.84 bits per heavy atom. The molecule has 0 bridgehead atoms. The molecule has 1 fully saturated rings. The van der Waals surface area contributed by atoms with Gasteiger partial charge in [-0.05, 0) is 23.9 Å².